The normalized spacial score (nSPS) is 19.3. The molecule has 1 aliphatic heterocycles. The van der Waals surface area contributed by atoms with Crippen LogP contribution in [-0.2, 0) is 9.53 Å². The molecule has 6 nitrogen and oxygen atoms in total. The molecule has 0 bridgehead atoms. The summed E-state index contributed by atoms with van der Waals surface area (Å²) < 4.78 is 12.5. The van der Waals surface area contributed by atoms with Gasteiger partial charge in [0.2, 0.25) is 0 Å². The van der Waals surface area contributed by atoms with Gasteiger partial charge in [0.15, 0.2) is 12.0 Å². The van der Waals surface area contributed by atoms with Crippen LogP contribution in [0.1, 0.15) is 25.3 Å². The first kappa shape index (κ1) is 18.8. The lowest BCUT2D eigenvalue weighted by Crippen LogP contribution is -2.26. The van der Waals surface area contributed by atoms with Gasteiger partial charge >= 0.3 is 0 Å². The van der Waals surface area contributed by atoms with E-state index >= 15 is 0 Å². The summed E-state index contributed by atoms with van der Waals surface area (Å²) in [6.45, 7) is 2.37. The summed E-state index contributed by atoms with van der Waals surface area (Å²) >= 11 is 6.88. The van der Waals surface area contributed by atoms with Crippen molar-refractivity contribution in [2.75, 3.05) is 13.7 Å². The third kappa shape index (κ3) is 4.98. The first-order valence-electron chi connectivity index (χ1n) is 7.39. The van der Waals surface area contributed by atoms with Crippen LogP contribution in [0.5, 0.6) is 5.75 Å². The average molecular weight is 461 g/mol. The minimum Gasteiger partial charge on any atom is -0.494 e. The van der Waals surface area contributed by atoms with Crippen molar-refractivity contribution in [2.24, 2.45) is 10.7 Å². The van der Waals surface area contributed by atoms with Gasteiger partial charge in [0.25, 0.3) is 5.91 Å². The van der Waals surface area contributed by atoms with Crippen molar-refractivity contribution in [3.63, 3.8) is 0 Å². The summed E-state index contributed by atoms with van der Waals surface area (Å²) in [7, 11) is 1.59. The van der Waals surface area contributed by atoms with Gasteiger partial charge in [0.1, 0.15) is 5.75 Å². The zero-order chi connectivity index (χ0) is 17.7. The van der Waals surface area contributed by atoms with E-state index in [1.54, 1.807) is 20.1 Å². The van der Waals surface area contributed by atoms with Gasteiger partial charge in [-0.15, -0.1) is 0 Å². The number of hydrogen-bond donors (Lipinski definition) is 2. The van der Waals surface area contributed by atoms with Gasteiger partial charge in [0.05, 0.1) is 21.9 Å². The van der Waals surface area contributed by atoms with E-state index in [1.165, 1.54) is 0 Å². The molecule has 1 aromatic carbocycles. The van der Waals surface area contributed by atoms with E-state index in [-0.39, 0.29) is 12.1 Å². The molecule has 1 fully saturated rings. The number of amidine groups is 1. The maximum Gasteiger partial charge on any atom is 0.289 e. The minimum absolute atomic E-state index is 0.221. The number of methoxy groups -OCH3 is 1. The van der Waals surface area contributed by atoms with Crippen molar-refractivity contribution in [2.45, 2.75) is 26.0 Å². The Morgan fingerprint density at radius 2 is 2.12 bits per heavy atom. The molecule has 1 aromatic rings. The number of halogens is 2. The highest BCUT2D eigenvalue weighted by Gasteiger charge is 2.27. The first-order chi connectivity index (χ1) is 11.4. The second-order valence-corrected chi connectivity index (χ2v) is 6.98. The van der Waals surface area contributed by atoms with Gasteiger partial charge in [-0.1, -0.05) is 0 Å². The number of ether oxygens (including phenoxy) is 2. The quantitative estimate of drug-likeness (QED) is 0.295. The zero-order valence-electron chi connectivity index (χ0n) is 13.4. The average Bonchev–Trinajstić information content (AvgIpc) is 2.83. The fraction of sp³-hybridized carbons (Fsp3) is 0.375. The largest absolute Gasteiger partial charge is 0.494 e. The Kier molecular flexibility index (Phi) is 6.68. The second-order valence-electron chi connectivity index (χ2n) is 5.27. The summed E-state index contributed by atoms with van der Waals surface area (Å²) in [5, 5.41) is 2.81. The second kappa shape index (κ2) is 8.53. The topological polar surface area (TPSA) is 85.9 Å². The fourth-order valence-electron chi connectivity index (χ4n) is 2.23. The van der Waals surface area contributed by atoms with E-state index in [0.717, 1.165) is 20.9 Å². The van der Waals surface area contributed by atoms with E-state index in [4.69, 9.17) is 15.2 Å². The van der Waals surface area contributed by atoms with E-state index in [9.17, 15) is 4.79 Å². The Labute approximate surface area is 157 Å². The third-order valence-electron chi connectivity index (χ3n) is 3.29. The Hall–Kier alpha value is -1.54. The Balaban J connectivity index is 2.03. The molecule has 0 radical (unpaired) electrons. The van der Waals surface area contributed by atoms with Crippen LogP contribution in [0.4, 0.5) is 0 Å². The molecule has 1 amide bonds. The van der Waals surface area contributed by atoms with Crippen molar-refractivity contribution in [3.8, 4) is 5.75 Å². The summed E-state index contributed by atoms with van der Waals surface area (Å²) in [4.78, 5) is 16.1. The van der Waals surface area contributed by atoms with Crippen molar-refractivity contribution < 1.29 is 14.3 Å². The number of carbonyl (C=O) groups is 1. The molecule has 0 saturated carbocycles. The zero-order valence-corrected chi connectivity index (χ0v) is 16.6. The van der Waals surface area contributed by atoms with Crippen LogP contribution in [0, 0.1) is 0 Å². The van der Waals surface area contributed by atoms with Gasteiger partial charge in [-0.2, -0.15) is 0 Å². The van der Waals surface area contributed by atoms with Crippen LogP contribution in [0.3, 0.4) is 0 Å². The molecule has 0 aromatic heterocycles. The molecule has 130 valence electrons. The van der Waals surface area contributed by atoms with E-state index in [0.29, 0.717) is 30.3 Å². The first-order valence-corrected chi connectivity index (χ1v) is 8.98. The molecule has 3 N–H and O–H groups in total. The van der Waals surface area contributed by atoms with Crippen molar-refractivity contribution >= 4 is 49.7 Å². The van der Waals surface area contributed by atoms with Crippen molar-refractivity contribution in [1.29, 1.82) is 0 Å². The maximum absolute atomic E-state index is 12.0. The van der Waals surface area contributed by atoms with Crippen molar-refractivity contribution in [1.82, 2.24) is 5.32 Å². The predicted molar refractivity (Wildman–Crippen MR) is 101 cm³/mol. The van der Waals surface area contributed by atoms with Crippen LogP contribution in [-0.4, -0.2) is 31.6 Å². The van der Waals surface area contributed by atoms with Crippen LogP contribution < -0.4 is 15.8 Å². The smallest absolute Gasteiger partial charge is 0.289 e. The standard InChI is InChI=1S/C16H19Br2N3O3/c1-9(19)20-5-3-4-14-21-16(22)13(24-14)8-10-6-11(17)15(23-2)12(18)7-10/h6-8,14H,3-5H2,1-2H3,(H2,19,20)(H,21,22)/b13-8-. The maximum atomic E-state index is 12.0. The molecule has 0 spiro atoms. The number of amides is 1. The highest BCUT2D eigenvalue weighted by Crippen LogP contribution is 2.35. The monoisotopic (exact) mass is 459 g/mol. The molecule has 24 heavy (non-hydrogen) atoms. The van der Waals surface area contributed by atoms with Crippen molar-refractivity contribution in [3.05, 3.63) is 32.4 Å². The number of carbonyl (C=O) groups excluding carboxylic acids is 1. The Morgan fingerprint density at radius 1 is 1.46 bits per heavy atom. The number of nitrogens with one attached hydrogen (secondary N) is 1. The van der Waals surface area contributed by atoms with Gasteiger partial charge in [0, 0.05) is 13.0 Å². The molecule has 1 heterocycles. The van der Waals surface area contributed by atoms with E-state index in [1.807, 2.05) is 12.1 Å². The third-order valence-corrected chi connectivity index (χ3v) is 4.47. The molecule has 2 rings (SSSR count). The number of benzene rings is 1. The van der Waals surface area contributed by atoms with Crippen LogP contribution in [0.25, 0.3) is 6.08 Å². The molecular weight excluding hydrogens is 442 g/mol. The molecule has 1 saturated heterocycles. The van der Waals surface area contributed by atoms with Crippen LogP contribution in [0.2, 0.25) is 0 Å². The number of rotatable bonds is 6. The van der Waals surface area contributed by atoms with E-state index in [2.05, 4.69) is 42.2 Å². The lowest BCUT2D eigenvalue weighted by Gasteiger charge is -2.09. The number of aliphatic imine (C=N–C) groups is 1. The van der Waals surface area contributed by atoms with E-state index < -0.39 is 0 Å². The molecular formula is C16H19Br2N3O3. The Morgan fingerprint density at radius 3 is 2.71 bits per heavy atom. The summed E-state index contributed by atoms with van der Waals surface area (Å²) in [5.74, 6) is 1.33. The van der Waals surface area contributed by atoms with Gasteiger partial charge in [-0.25, -0.2) is 0 Å². The molecule has 1 atom stereocenters. The predicted octanol–water partition coefficient (Wildman–Crippen LogP) is 3.19. The number of nitrogens with two attached hydrogens (primary N) is 1. The summed E-state index contributed by atoms with van der Waals surface area (Å²) in [5.41, 5.74) is 6.31. The van der Waals surface area contributed by atoms with Crippen LogP contribution >= 0.6 is 31.9 Å². The number of hydrogen-bond acceptors (Lipinski definition) is 4. The molecule has 1 unspecified atom stereocenters. The molecule has 1 aliphatic rings. The fourth-order valence-corrected chi connectivity index (χ4v) is 3.77. The van der Waals surface area contributed by atoms with Gasteiger partial charge in [-0.3, -0.25) is 9.79 Å². The highest BCUT2D eigenvalue weighted by atomic mass is 79.9. The van der Waals surface area contributed by atoms with Gasteiger partial charge < -0.3 is 20.5 Å². The highest BCUT2D eigenvalue weighted by molar-refractivity contribution is 9.11. The summed E-state index contributed by atoms with van der Waals surface area (Å²) in [6.07, 6.45) is 2.83. The Bertz CT molecular complexity index is 662. The minimum atomic E-state index is -0.331. The molecule has 0 aliphatic carbocycles. The summed E-state index contributed by atoms with van der Waals surface area (Å²) in [6, 6.07) is 3.72. The SMILES string of the molecule is COc1c(Br)cc(/C=C2\OC(CCCN=C(C)N)NC2=O)cc1Br. The van der Waals surface area contributed by atoms with Gasteiger partial charge in [-0.05, 0) is 69.0 Å². The number of nitrogens with zero attached hydrogens (tertiary/aromatic N) is 1. The van der Waals surface area contributed by atoms with Crippen LogP contribution in [0.15, 0.2) is 31.8 Å². The lowest BCUT2D eigenvalue weighted by molar-refractivity contribution is -0.116. The lowest BCUT2D eigenvalue weighted by atomic mass is 10.2. The molecule has 8 heteroatoms.